The molecule has 4 aliphatic heterocycles. The van der Waals surface area contributed by atoms with Crippen molar-refractivity contribution in [3.05, 3.63) is 63.4 Å². The average Bonchev–Trinajstić information content (AvgIpc) is 3.05. The van der Waals surface area contributed by atoms with Gasteiger partial charge in [-0.2, -0.15) is 15.2 Å². The van der Waals surface area contributed by atoms with Crippen LogP contribution in [0, 0.1) is 111 Å². The van der Waals surface area contributed by atoms with E-state index in [1.165, 1.54) is 33.1 Å². The Morgan fingerprint density at radius 1 is 0.556 bits per heavy atom. The summed E-state index contributed by atoms with van der Waals surface area (Å²) in [5.74, 6) is 0. The molecule has 3 unspecified atom stereocenters. The summed E-state index contributed by atoms with van der Waals surface area (Å²) in [4.78, 5) is 0. The zero-order chi connectivity index (χ0) is 31.9. The van der Waals surface area contributed by atoms with Crippen LogP contribution in [0.1, 0.15) is 57.8 Å². The number of allylic oxidation sites excluding steroid dienone is 2. The molecule has 19 heteroatoms. The number of rotatable bonds is 2. The Balaban J connectivity index is -0.0000000569. The van der Waals surface area contributed by atoms with Gasteiger partial charge in [-0.25, -0.2) is 0 Å². The van der Waals surface area contributed by atoms with Crippen molar-refractivity contribution in [1.82, 2.24) is 20.3 Å². The Hall–Kier alpha value is -2.32. The molecule has 4 heterocycles. The third-order valence-corrected chi connectivity index (χ3v) is 6.28. The first-order valence-electron chi connectivity index (χ1n) is 12.1. The summed E-state index contributed by atoms with van der Waals surface area (Å²) in [6, 6.07) is 0.252. The van der Waals surface area contributed by atoms with Crippen molar-refractivity contribution in [3.63, 3.8) is 0 Å². The Labute approximate surface area is 310 Å². The van der Waals surface area contributed by atoms with E-state index in [0.717, 1.165) is 63.7 Å². The van der Waals surface area contributed by atoms with Crippen LogP contribution in [-0.2, 0) is 17.1 Å². The third kappa shape index (κ3) is 26.6. The number of hydrogen-bond acceptors (Lipinski definition) is 14. The summed E-state index contributed by atoms with van der Waals surface area (Å²) in [6.45, 7) is 31.2. The molecule has 0 aromatic heterocycles. The molecule has 252 valence electrons. The molecule has 0 bridgehead atoms. The minimum absolute atomic E-state index is 0. The molecule has 45 heavy (non-hydrogen) atoms. The first-order chi connectivity index (χ1) is 19.6. The summed E-state index contributed by atoms with van der Waals surface area (Å²) in [6.07, 6.45) is 15.2. The van der Waals surface area contributed by atoms with Gasteiger partial charge < -0.3 is 103 Å². The summed E-state index contributed by atoms with van der Waals surface area (Å²) >= 11 is 0. The SMILES string of the molecule is O.O.O.ON1CC=CC=C1C1CCCCN1O.ON1CCCCC1C1CCCCN1O.[C-]#N.[C-]#N.[C-]#N.[C-]#N.[C-]#N.[C-]#N.[Fe+6].[Sm]. The van der Waals surface area contributed by atoms with Crippen LogP contribution in [0.15, 0.2) is 23.9 Å². The zero-order valence-electron chi connectivity index (χ0n) is 24.7. The molecule has 17 nitrogen and oxygen atoms in total. The molecule has 10 N–H and O–H groups in total. The van der Waals surface area contributed by atoms with Gasteiger partial charge in [0.05, 0.1) is 30.4 Å². The van der Waals surface area contributed by atoms with E-state index in [4.69, 9.17) is 71.0 Å². The van der Waals surface area contributed by atoms with Gasteiger partial charge in [0.25, 0.3) is 0 Å². The van der Waals surface area contributed by atoms with E-state index >= 15 is 0 Å². The Morgan fingerprint density at radius 2 is 0.889 bits per heavy atom. The molecule has 0 radical (unpaired) electrons. The van der Waals surface area contributed by atoms with Crippen molar-refractivity contribution >= 4 is 0 Å². The maximum absolute atomic E-state index is 9.73. The molecular weight excluding hydrogens is 771 g/mol. The largest absolute Gasteiger partial charge is 6.00 e. The van der Waals surface area contributed by atoms with Crippen LogP contribution in [0.2, 0.25) is 0 Å². The number of piperidine rings is 3. The van der Waals surface area contributed by atoms with E-state index in [1.54, 1.807) is 0 Å². The molecule has 3 fully saturated rings. The van der Waals surface area contributed by atoms with Crippen LogP contribution in [0.25, 0.3) is 0 Å². The molecule has 0 aliphatic carbocycles. The summed E-state index contributed by atoms with van der Waals surface area (Å²) < 4.78 is 0. The molecular formula is C26H42FeN10O7Sm. The molecule has 0 saturated carbocycles. The van der Waals surface area contributed by atoms with Crippen LogP contribution in [0.4, 0.5) is 0 Å². The Kier molecular flexibility index (Phi) is 70.6. The van der Waals surface area contributed by atoms with Gasteiger partial charge in [0, 0.05) is 60.0 Å². The van der Waals surface area contributed by atoms with Crippen LogP contribution < -0.4 is 0 Å². The molecule has 0 spiro atoms. The van der Waals surface area contributed by atoms with Crippen LogP contribution >= 0.6 is 0 Å². The van der Waals surface area contributed by atoms with Gasteiger partial charge in [-0.3, -0.25) is 10.3 Å². The van der Waals surface area contributed by atoms with Gasteiger partial charge in [-0.05, 0) is 44.6 Å². The molecule has 0 aromatic carbocycles. The van der Waals surface area contributed by atoms with Crippen molar-refractivity contribution in [2.75, 3.05) is 26.2 Å². The minimum Gasteiger partial charge on any atom is -0.512 e. The second kappa shape index (κ2) is 48.6. The van der Waals surface area contributed by atoms with Gasteiger partial charge in [0.1, 0.15) is 0 Å². The molecule has 4 aliphatic rings. The fourth-order valence-corrected chi connectivity index (χ4v) is 4.69. The summed E-state index contributed by atoms with van der Waals surface area (Å²) in [7, 11) is 0. The predicted octanol–water partition coefficient (Wildman–Crippen LogP) is 0.950. The first kappa shape index (κ1) is 65.4. The summed E-state index contributed by atoms with van der Waals surface area (Å²) in [5, 5.41) is 81.7. The molecule has 0 aromatic rings. The first-order valence-corrected chi connectivity index (χ1v) is 12.1. The van der Waals surface area contributed by atoms with Crippen molar-refractivity contribution in [2.24, 2.45) is 0 Å². The average molecular weight is 813 g/mol. The molecule has 3 saturated heterocycles. The van der Waals surface area contributed by atoms with Gasteiger partial charge in [-0.1, -0.05) is 31.4 Å². The van der Waals surface area contributed by atoms with Crippen LogP contribution in [-0.4, -0.2) is 102 Å². The van der Waals surface area contributed by atoms with E-state index in [9.17, 15) is 20.8 Å². The van der Waals surface area contributed by atoms with Crippen molar-refractivity contribution in [3.8, 4) is 0 Å². The number of nitrogens with zero attached hydrogens (tertiary/aromatic N) is 10. The Bertz CT molecular complexity index is 750. The number of hydrogen-bond donors (Lipinski definition) is 4. The third-order valence-electron chi connectivity index (χ3n) is 6.28. The van der Waals surface area contributed by atoms with Gasteiger partial charge in [0.2, 0.25) is 0 Å². The topological polar surface area (TPSA) is 331 Å². The van der Waals surface area contributed by atoms with E-state index in [-0.39, 0.29) is 92.0 Å². The zero-order valence-corrected chi connectivity index (χ0v) is 28.4. The van der Waals surface area contributed by atoms with Crippen molar-refractivity contribution < 1.29 is 94.7 Å². The second-order valence-electron chi connectivity index (χ2n) is 8.23. The van der Waals surface area contributed by atoms with E-state index < -0.39 is 0 Å². The molecule has 0 amide bonds. The minimum atomic E-state index is -0.0429. The monoisotopic (exact) mass is 814 g/mol. The fourth-order valence-electron chi connectivity index (χ4n) is 4.69. The molecule has 4 rings (SSSR count). The fraction of sp³-hybridized carbons (Fsp3) is 0.615. The normalized spacial score (nSPS) is 20.9. The maximum atomic E-state index is 9.73. The number of hydroxylamine groups is 8. The second-order valence-corrected chi connectivity index (χ2v) is 8.23. The smallest absolute Gasteiger partial charge is 0.512 e. The van der Waals surface area contributed by atoms with Gasteiger partial charge >= 0.3 is 17.1 Å². The van der Waals surface area contributed by atoms with E-state index in [2.05, 4.69) is 0 Å². The quantitative estimate of drug-likeness (QED) is 0.223. The standard InChI is InChI=1S/C10H20N2O2.C10H16N2O2.6CN.Fe.3H2O.Sm/c2*13-11-7-3-1-5-9(11)10-6-2-4-8-12(10)14;6*1-2;;;;;/h9-10,13-14H,1-8H2;1,3,5,10,13-14H,2,4,6-8H2;;;;;;;;3*1H2;/q;;6*-1;+6;;;;. The predicted molar refractivity (Wildman–Crippen MR) is 145 cm³/mol. The van der Waals surface area contributed by atoms with Crippen molar-refractivity contribution in [2.45, 2.75) is 75.9 Å². The van der Waals surface area contributed by atoms with Crippen LogP contribution in [0.3, 0.4) is 0 Å². The molecule has 3 atom stereocenters. The van der Waals surface area contributed by atoms with E-state index in [0.29, 0.717) is 13.1 Å². The Morgan fingerprint density at radius 3 is 1.20 bits per heavy atom. The summed E-state index contributed by atoms with van der Waals surface area (Å²) in [5.41, 5.74) is 0.801. The van der Waals surface area contributed by atoms with E-state index in [1.807, 2.05) is 18.2 Å². The van der Waals surface area contributed by atoms with Crippen LogP contribution in [0.5, 0.6) is 0 Å². The van der Waals surface area contributed by atoms with Gasteiger partial charge in [-0.15, -0.1) is 0 Å². The van der Waals surface area contributed by atoms with Gasteiger partial charge in [0.15, 0.2) is 0 Å². The van der Waals surface area contributed by atoms with Crippen molar-refractivity contribution in [1.29, 1.82) is 31.6 Å². The maximum Gasteiger partial charge on any atom is 6.00 e.